The molecule has 0 radical (unpaired) electrons. The molecule has 0 saturated carbocycles. The average molecular weight is 327 g/mol. The minimum Gasteiger partial charge on any atom is -0.324 e. The highest BCUT2D eigenvalue weighted by Crippen LogP contribution is 2.17. The van der Waals surface area contributed by atoms with Gasteiger partial charge in [-0.05, 0) is 38.5 Å². The van der Waals surface area contributed by atoms with Crippen LogP contribution in [0.3, 0.4) is 0 Å². The van der Waals surface area contributed by atoms with Crippen LogP contribution in [0.2, 0.25) is 0 Å². The van der Waals surface area contributed by atoms with Gasteiger partial charge in [-0.2, -0.15) is 0 Å². The molecule has 0 aromatic carbocycles. The first kappa shape index (κ1) is 23.0. The van der Waals surface area contributed by atoms with Gasteiger partial charge in [-0.15, -0.1) is 0 Å². The maximum atomic E-state index is 2.38. The Morgan fingerprint density at radius 1 is 0.348 bits per heavy atom. The van der Waals surface area contributed by atoms with Gasteiger partial charge in [0.2, 0.25) is 0 Å². The zero-order valence-corrected chi connectivity index (χ0v) is 17.2. The van der Waals surface area contributed by atoms with E-state index in [1.807, 2.05) is 0 Å². The van der Waals surface area contributed by atoms with Crippen LogP contribution in [-0.4, -0.2) is 30.7 Å². The molecule has 0 atom stereocenters. The van der Waals surface area contributed by atoms with Crippen LogP contribution in [0.1, 0.15) is 118 Å². The van der Waals surface area contributed by atoms with Crippen LogP contribution in [0.25, 0.3) is 0 Å². The number of rotatable bonds is 18. The maximum absolute atomic E-state index is 2.38. The van der Waals surface area contributed by atoms with Gasteiger partial charge in [-0.3, -0.25) is 0 Å². The van der Waals surface area contributed by atoms with Crippen molar-refractivity contribution < 1.29 is 4.48 Å². The van der Waals surface area contributed by atoms with Gasteiger partial charge < -0.3 is 4.48 Å². The van der Waals surface area contributed by atoms with Crippen LogP contribution in [0, 0.1) is 0 Å². The normalized spacial score (nSPS) is 12.0. The highest BCUT2D eigenvalue weighted by molar-refractivity contribution is 4.51. The summed E-state index contributed by atoms with van der Waals surface area (Å²) in [4.78, 5) is 0. The summed E-state index contributed by atoms with van der Waals surface area (Å²) in [7, 11) is 0. The van der Waals surface area contributed by atoms with Crippen LogP contribution in [0.4, 0.5) is 0 Å². The van der Waals surface area contributed by atoms with Gasteiger partial charge in [0.15, 0.2) is 0 Å². The number of hydrogen-bond donors (Lipinski definition) is 0. The summed E-state index contributed by atoms with van der Waals surface area (Å²) < 4.78 is 1.43. The largest absolute Gasteiger partial charge is 0.324 e. The fourth-order valence-electron chi connectivity index (χ4n) is 4.07. The van der Waals surface area contributed by atoms with E-state index >= 15 is 0 Å². The molecular formula is C22H48N+. The monoisotopic (exact) mass is 326 g/mol. The molecule has 0 bridgehead atoms. The van der Waals surface area contributed by atoms with Gasteiger partial charge in [-0.25, -0.2) is 0 Å². The molecule has 0 aliphatic heterocycles. The quantitative estimate of drug-likeness (QED) is 0.182. The first-order valence-corrected chi connectivity index (χ1v) is 11.1. The predicted molar refractivity (Wildman–Crippen MR) is 107 cm³/mol. The van der Waals surface area contributed by atoms with Gasteiger partial charge in [0.05, 0.1) is 26.2 Å². The molecule has 0 rings (SSSR count). The second-order valence-corrected chi connectivity index (χ2v) is 7.77. The van der Waals surface area contributed by atoms with E-state index in [0.29, 0.717) is 0 Å². The fourth-order valence-corrected chi connectivity index (χ4v) is 4.07. The van der Waals surface area contributed by atoms with E-state index < -0.39 is 0 Å². The second kappa shape index (κ2) is 16.8. The lowest BCUT2D eigenvalue weighted by atomic mass is 10.1. The SMILES string of the molecule is CCCCCCCC[N+](CCC)(CCC)CCCCCCCC. The van der Waals surface area contributed by atoms with Crippen molar-refractivity contribution in [2.24, 2.45) is 0 Å². The average Bonchev–Trinajstić information content (AvgIpc) is 2.54. The van der Waals surface area contributed by atoms with Crippen LogP contribution in [-0.2, 0) is 0 Å². The molecule has 140 valence electrons. The Balaban J connectivity index is 4.11. The van der Waals surface area contributed by atoms with Crippen molar-refractivity contribution in [2.75, 3.05) is 26.2 Å². The van der Waals surface area contributed by atoms with Crippen molar-refractivity contribution in [3.8, 4) is 0 Å². The maximum Gasteiger partial charge on any atom is 0.0786 e. The number of unbranched alkanes of at least 4 members (excludes halogenated alkanes) is 10. The second-order valence-electron chi connectivity index (χ2n) is 7.77. The van der Waals surface area contributed by atoms with Crippen molar-refractivity contribution in [1.82, 2.24) is 0 Å². The molecule has 0 saturated heterocycles. The highest BCUT2D eigenvalue weighted by Gasteiger charge is 2.24. The third-order valence-electron chi connectivity index (χ3n) is 5.37. The topological polar surface area (TPSA) is 0 Å². The van der Waals surface area contributed by atoms with E-state index in [1.54, 1.807) is 0 Å². The smallest absolute Gasteiger partial charge is 0.0786 e. The summed E-state index contributed by atoms with van der Waals surface area (Å²) in [5.74, 6) is 0. The molecule has 23 heavy (non-hydrogen) atoms. The molecule has 0 aromatic heterocycles. The Morgan fingerprint density at radius 2 is 0.696 bits per heavy atom. The van der Waals surface area contributed by atoms with Crippen LogP contribution < -0.4 is 0 Å². The third-order valence-corrected chi connectivity index (χ3v) is 5.37. The van der Waals surface area contributed by atoms with Crippen molar-refractivity contribution in [2.45, 2.75) is 118 Å². The first-order valence-electron chi connectivity index (χ1n) is 11.1. The van der Waals surface area contributed by atoms with E-state index in [9.17, 15) is 0 Å². The van der Waals surface area contributed by atoms with Crippen molar-refractivity contribution in [3.05, 3.63) is 0 Å². The van der Waals surface area contributed by atoms with E-state index in [0.717, 1.165) is 0 Å². The van der Waals surface area contributed by atoms with Crippen LogP contribution in [0.15, 0.2) is 0 Å². The van der Waals surface area contributed by atoms with Crippen LogP contribution in [0.5, 0.6) is 0 Å². The zero-order chi connectivity index (χ0) is 17.2. The minimum absolute atomic E-state index is 1.35. The summed E-state index contributed by atoms with van der Waals surface area (Å²) in [6.45, 7) is 15.1. The molecule has 0 heterocycles. The lowest BCUT2D eigenvalue weighted by Gasteiger charge is -2.39. The Morgan fingerprint density at radius 3 is 1.04 bits per heavy atom. The van der Waals surface area contributed by atoms with Gasteiger partial charge in [-0.1, -0.05) is 79.1 Å². The minimum atomic E-state index is 1.35. The van der Waals surface area contributed by atoms with E-state index in [-0.39, 0.29) is 0 Å². The molecular weight excluding hydrogens is 278 g/mol. The fraction of sp³-hybridized carbons (Fsp3) is 1.00. The van der Waals surface area contributed by atoms with Gasteiger partial charge >= 0.3 is 0 Å². The highest BCUT2D eigenvalue weighted by atomic mass is 15.3. The molecule has 0 N–H and O–H groups in total. The molecule has 1 nitrogen and oxygen atoms in total. The third kappa shape index (κ3) is 13.0. The Bertz CT molecular complexity index is 200. The Hall–Kier alpha value is -0.0400. The number of quaternary nitrogens is 1. The summed E-state index contributed by atoms with van der Waals surface area (Å²) in [5.41, 5.74) is 0. The van der Waals surface area contributed by atoms with Crippen LogP contribution >= 0.6 is 0 Å². The number of nitrogens with zero attached hydrogens (tertiary/aromatic N) is 1. The Labute approximate surface area is 148 Å². The first-order chi connectivity index (χ1) is 11.2. The molecule has 0 aliphatic rings. The molecule has 0 fully saturated rings. The summed E-state index contributed by atoms with van der Waals surface area (Å²) >= 11 is 0. The summed E-state index contributed by atoms with van der Waals surface area (Å²) in [5, 5.41) is 0. The zero-order valence-electron chi connectivity index (χ0n) is 17.2. The molecule has 0 aliphatic carbocycles. The molecule has 0 spiro atoms. The van der Waals surface area contributed by atoms with E-state index in [4.69, 9.17) is 0 Å². The summed E-state index contributed by atoms with van der Waals surface area (Å²) in [6, 6.07) is 0. The molecule has 0 aromatic rings. The van der Waals surface area contributed by atoms with Crippen molar-refractivity contribution >= 4 is 0 Å². The van der Waals surface area contributed by atoms with Gasteiger partial charge in [0, 0.05) is 0 Å². The van der Waals surface area contributed by atoms with Gasteiger partial charge in [0.25, 0.3) is 0 Å². The Kier molecular flexibility index (Phi) is 16.8. The van der Waals surface area contributed by atoms with Crippen molar-refractivity contribution in [3.63, 3.8) is 0 Å². The summed E-state index contributed by atoms with van der Waals surface area (Å²) in [6.07, 6.45) is 20.0. The van der Waals surface area contributed by atoms with Crippen molar-refractivity contribution in [1.29, 1.82) is 0 Å². The van der Waals surface area contributed by atoms with E-state index in [2.05, 4.69) is 27.7 Å². The lowest BCUT2D eigenvalue weighted by Crippen LogP contribution is -2.50. The number of hydrogen-bond acceptors (Lipinski definition) is 0. The van der Waals surface area contributed by atoms with E-state index in [1.165, 1.54) is 121 Å². The van der Waals surface area contributed by atoms with Gasteiger partial charge in [0.1, 0.15) is 0 Å². The molecule has 0 unspecified atom stereocenters. The predicted octanol–water partition coefficient (Wildman–Crippen LogP) is 7.34. The molecule has 1 heteroatoms. The standard InChI is InChI=1S/C22H48N/c1-5-9-11-13-15-17-21-23(19-7-3,20-8-4)22-18-16-14-12-10-6-2/h5-22H2,1-4H3/q+1. The lowest BCUT2D eigenvalue weighted by molar-refractivity contribution is -0.928. The molecule has 0 amide bonds.